The number of nitrogens with zero attached hydrogens (tertiary/aromatic N) is 2. The molecule has 0 radical (unpaired) electrons. The van der Waals surface area contributed by atoms with Gasteiger partial charge in [-0.1, -0.05) is 6.07 Å². The van der Waals surface area contributed by atoms with Crippen LogP contribution >= 0.6 is 0 Å². The number of carbonyl (C=O) groups is 1. The summed E-state index contributed by atoms with van der Waals surface area (Å²) >= 11 is 0. The Morgan fingerprint density at radius 1 is 1.30 bits per heavy atom. The Morgan fingerprint density at radius 2 is 2.10 bits per heavy atom. The average Bonchev–Trinajstić information content (AvgIpc) is 2.90. The monoisotopic (exact) mass is 272 g/mol. The summed E-state index contributed by atoms with van der Waals surface area (Å²) in [6.07, 6.45) is 3.58. The highest BCUT2D eigenvalue weighted by Gasteiger charge is 2.11. The molecule has 0 spiro atoms. The normalized spacial score (nSPS) is 11.3. The molecular weight excluding hydrogens is 252 g/mol. The first-order valence-electron chi connectivity index (χ1n) is 6.59. The van der Waals surface area contributed by atoms with Crippen LogP contribution in [-0.4, -0.2) is 27.8 Å². The van der Waals surface area contributed by atoms with Gasteiger partial charge in [0.1, 0.15) is 0 Å². The molecule has 2 rings (SSSR count). The molecule has 0 bridgehead atoms. The number of carbonyl (C=O) groups excluding carboxylic acids is 1. The molecule has 0 aliphatic heterocycles. The van der Waals surface area contributed by atoms with E-state index < -0.39 is 0 Å². The van der Waals surface area contributed by atoms with Crippen LogP contribution in [-0.2, 0) is 4.79 Å². The second-order valence-electron chi connectivity index (χ2n) is 5.65. The van der Waals surface area contributed by atoms with Crippen LogP contribution in [0.3, 0.4) is 0 Å². The predicted octanol–water partition coefficient (Wildman–Crippen LogP) is 2.20. The van der Waals surface area contributed by atoms with Gasteiger partial charge in [0.15, 0.2) is 0 Å². The molecule has 20 heavy (non-hydrogen) atoms. The van der Waals surface area contributed by atoms with Crippen LogP contribution in [0.25, 0.3) is 5.69 Å². The molecule has 2 N–H and O–H groups in total. The van der Waals surface area contributed by atoms with Crippen LogP contribution in [0.15, 0.2) is 42.7 Å². The Morgan fingerprint density at radius 3 is 2.75 bits per heavy atom. The van der Waals surface area contributed by atoms with Gasteiger partial charge in [0.05, 0.1) is 12.2 Å². The zero-order chi connectivity index (χ0) is 14.6. The molecule has 0 atom stereocenters. The van der Waals surface area contributed by atoms with Crippen molar-refractivity contribution in [1.82, 2.24) is 15.1 Å². The van der Waals surface area contributed by atoms with Crippen LogP contribution in [0.2, 0.25) is 0 Å². The molecular formula is C15H20N4O. The number of anilines is 1. The Labute approximate surface area is 119 Å². The van der Waals surface area contributed by atoms with Crippen LogP contribution < -0.4 is 10.6 Å². The Bertz CT molecular complexity index is 570. The van der Waals surface area contributed by atoms with Gasteiger partial charge in [-0.05, 0) is 45.0 Å². The lowest BCUT2D eigenvalue weighted by Gasteiger charge is -2.20. The second-order valence-corrected chi connectivity index (χ2v) is 5.65. The van der Waals surface area contributed by atoms with E-state index in [-0.39, 0.29) is 18.0 Å². The average molecular weight is 272 g/mol. The predicted molar refractivity (Wildman–Crippen MR) is 79.9 cm³/mol. The van der Waals surface area contributed by atoms with E-state index in [2.05, 4.69) is 15.7 Å². The molecule has 5 heteroatoms. The van der Waals surface area contributed by atoms with Gasteiger partial charge in [0.25, 0.3) is 0 Å². The summed E-state index contributed by atoms with van der Waals surface area (Å²) in [5.41, 5.74) is 1.60. The minimum absolute atomic E-state index is 0.0578. The number of amides is 1. The van der Waals surface area contributed by atoms with Crippen LogP contribution in [0, 0.1) is 0 Å². The van der Waals surface area contributed by atoms with Crippen molar-refractivity contribution in [2.24, 2.45) is 0 Å². The molecule has 0 fully saturated rings. The molecule has 1 amide bonds. The van der Waals surface area contributed by atoms with Gasteiger partial charge < -0.3 is 10.6 Å². The van der Waals surface area contributed by atoms with Crippen molar-refractivity contribution >= 4 is 11.6 Å². The summed E-state index contributed by atoms with van der Waals surface area (Å²) < 4.78 is 1.75. The molecule has 0 aliphatic rings. The minimum atomic E-state index is -0.0752. The summed E-state index contributed by atoms with van der Waals surface area (Å²) in [4.78, 5) is 11.9. The fraction of sp³-hybridized carbons (Fsp3) is 0.333. The molecule has 0 saturated heterocycles. The van der Waals surface area contributed by atoms with E-state index in [1.165, 1.54) is 0 Å². The standard InChI is InChI=1S/C15H20N4O/c1-15(2,3)16-11-14(20)18-12-6-4-7-13(10-12)19-9-5-8-17-19/h4-10,16H,11H2,1-3H3,(H,18,20). The fourth-order valence-corrected chi connectivity index (χ4v) is 1.70. The third-order valence-corrected chi connectivity index (χ3v) is 2.68. The van der Waals surface area contributed by atoms with E-state index in [1.807, 2.05) is 57.3 Å². The topological polar surface area (TPSA) is 59.0 Å². The van der Waals surface area contributed by atoms with Crippen molar-refractivity contribution in [3.05, 3.63) is 42.7 Å². The zero-order valence-corrected chi connectivity index (χ0v) is 12.1. The lowest BCUT2D eigenvalue weighted by Crippen LogP contribution is -2.41. The van der Waals surface area contributed by atoms with E-state index >= 15 is 0 Å². The summed E-state index contributed by atoms with van der Waals surface area (Å²) in [6, 6.07) is 9.45. The first kappa shape index (κ1) is 14.3. The number of benzene rings is 1. The van der Waals surface area contributed by atoms with Gasteiger partial charge >= 0.3 is 0 Å². The summed E-state index contributed by atoms with van der Waals surface area (Å²) in [7, 11) is 0. The van der Waals surface area contributed by atoms with Crippen molar-refractivity contribution in [1.29, 1.82) is 0 Å². The van der Waals surface area contributed by atoms with Crippen molar-refractivity contribution in [2.75, 3.05) is 11.9 Å². The van der Waals surface area contributed by atoms with Crippen molar-refractivity contribution < 1.29 is 4.79 Å². The highest BCUT2D eigenvalue weighted by atomic mass is 16.1. The summed E-state index contributed by atoms with van der Waals surface area (Å²) in [5.74, 6) is -0.0578. The summed E-state index contributed by atoms with van der Waals surface area (Å²) in [6.45, 7) is 6.37. The Balaban J connectivity index is 2.00. The molecule has 1 aromatic heterocycles. The van der Waals surface area contributed by atoms with E-state index in [1.54, 1.807) is 10.9 Å². The van der Waals surface area contributed by atoms with Crippen LogP contribution in [0.4, 0.5) is 5.69 Å². The van der Waals surface area contributed by atoms with E-state index in [0.29, 0.717) is 0 Å². The zero-order valence-electron chi connectivity index (χ0n) is 12.1. The molecule has 0 aliphatic carbocycles. The van der Waals surface area contributed by atoms with Gasteiger partial charge in [0.2, 0.25) is 5.91 Å². The molecule has 2 aromatic rings. The van der Waals surface area contributed by atoms with Gasteiger partial charge in [0, 0.05) is 23.6 Å². The smallest absolute Gasteiger partial charge is 0.238 e. The second kappa shape index (κ2) is 5.88. The SMILES string of the molecule is CC(C)(C)NCC(=O)Nc1cccc(-n2cccn2)c1. The lowest BCUT2D eigenvalue weighted by molar-refractivity contribution is -0.115. The van der Waals surface area contributed by atoms with E-state index in [4.69, 9.17) is 0 Å². The largest absolute Gasteiger partial charge is 0.325 e. The van der Waals surface area contributed by atoms with Crippen molar-refractivity contribution in [3.8, 4) is 5.69 Å². The molecule has 0 saturated carbocycles. The third kappa shape index (κ3) is 4.20. The maximum atomic E-state index is 11.9. The number of hydrogen-bond donors (Lipinski definition) is 2. The Hall–Kier alpha value is -2.14. The third-order valence-electron chi connectivity index (χ3n) is 2.68. The molecule has 1 aromatic carbocycles. The first-order chi connectivity index (χ1) is 9.44. The highest BCUT2D eigenvalue weighted by molar-refractivity contribution is 5.92. The lowest BCUT2D eigenvalue weighted by atomic mass is 10.1. The quantitative estimate of drug-likeness (QED) is 0.897. The molecule has 106 valence electrons. The molecule has 5 nitrogen and oxygen atoms in total. The molecule has 1 heterocycles. The fourth-order valence-electron chi connectivity index (χ4n) is 1.70. The van der Waals surface area contributed by atoms with Gasteiger partial charge in [-0.2, -0.15) is 5.10 Å². The maximum Gasteiger partial charge on any atom is 0.238 e. The van der Waals surface area contributed by atoms with Crippen LogP contribution in [0.1, 0.15) is 20.8 Å². The van der Waals surface area contributed by atoms with Crippen molar-refractivity contribution in [3.63, 3.8) is 0 Å². The number of hydrogen-bond acceptors (Lipinski definition) is 3. The number of aromatic nitrogens is 2. The van der Waals surface area contributed by atoms with E-state index in [0.717, 1.165) is 11.4 Å². The van der Waals surface area contributed by atoms with Gasteiger partial charge in [-0.25, -0.2) is 4.68 Å². The van der Waals surface area contributed by atoms with Crippen molar-refractivity contribution in [2.45, 2.75) is 26.3 Å². The van der Waals surface area contributed by atoms with Crippen LogP contribution in [0.5, 0.6) is 0 Å². The highest BCUT2D eigenvalue weighted by Crippen LogP contribution is 2.13. The molecule has 0 unspecified atom stereocenters. The first-order valence-corrected chi connectivity index (χ1v) is 6.59. The van der Waals surface area contributed by atoms with Gasteiger partial charge in [-0.3, -0.25) is 4.79 Å². The number of nitrogens with one attached hydrogen (secondary N) is 2. The van der Waals surface area contributed by atoms with E-state index in [9.17, 15) is 4.79 Å². The maximum absolute atomic E-state index is 11.9. The minimum Gasteiger partial charge on any atom is -0.325 e. The Kier molecular flexibility index (Phi) is 4.20. The van der Waals surface area contributed by atoms with Gasteiger partial charge in [-0.15, -0.1) is 0 Å². The number of rotatable bonds is 4. The summed E-state index contributed by atoms with van der Waals surface area (Å²) in [5, 5.41) is 10.2.